The topological polar surface area (TPSA) is 21.3 Å². The zero-order valence-electron chi connectivity index (χ0n) is 12.5. The highest BCUT2D eigenvalue weighted by Crippen LogP contribution is 2.23. The average Bonchev–Trinajstić information content (AvgIpc) is 2.32. The van der Waals surface area contributed by atoms with E-state index in [-0.39, 0.29) is 6.10 Å². The number of aryl methyl sites for hydroxylation is 1. The van der Waals surface area contributed by atoms with Crippen LogP contribution in [0.3, 0.4) is 0 Å². The number of nitrogens with one attached hydrogen (secondary N) is 1. The lowest BCUT2D eigenvalue weighted by Gasteiger charge is -2.21. The van der Waals surface area contributed by atoms with Crippen LogP contribution in [0.4, 0.5) is 0 Å². The summed E-state index contributed by atoms with van der Waals surface area (Å²) in [5, 5.41) is 3.49. The third kappa shape index (κ3) is 6.44. The summed E-state index contributed by atoms with van der Waals surface area (Å²) in [5.74, 6) is 1.67. The number of ether oxygens (including phenoxy) is 1. The summed E-state index contributed by atoms with van der Waals surface area (Å²) in [5.41, 5.74) is 1.18. The van der Waals surface area contributed by atoms with Gasteiger partial charge in [-0.3, -0.25) is 0 Å². The Bertz CT molecular complexity index is 379. The van der Waals surface area contributed by atoms with Gasteiger partial charge in [0.2, 0.25) is 0 Å². The van der Waals surface area contributed by atoms with Gasteiger partial charge in [-0.2, -0.15) is 0 Å². The number of hydrogen-bond donors (Lipinski definition) is 1. The lowest BCUT2D eigenvalue weighted by molar-refractivity contribution is 0.184. The van der Waals surface area contributed by atoms with Crippen molar-refractivity contribution in [2.24, 2.45) is 5.92 Å². The molecule has 2 nitrogen and oxygen atoms in total. The van der Waals surface area contributed by atoms with E-state index < -0.39 is 0 Å². The highest BCUT2D eigenvalue weighted by Gasteiger charge is 2.11. The maximum Gasteiger partial charge on any atom is 0.122 e. The Morgan fingerprint density at radius 1 is 1.26 bits per heavy atom. The molecular weight excluding hydrogens is 302 g/mol. The summed E-state index contributed by atoms with van der Waals surface area (Å²) < 4.78 is 7.24. The molecule has 0 aliphatic heterocycles. The van der Waals surface area contributed by atoms with Gasteiger partial charge in [0.1, 0.15) is 11.9 Å². The second-order valence-corrected chi connectivity index (χ2v) is 6.41. The average molecular weight is 328 g/mol. The number of benzene rings is 1. The second kappa shape index (κ2) is 8.60. The van der Waals surface area contributed by atoms with Gasteiger partial charge < -0.3 is 10.1 Å². The molecule has 0 spiro atoms. The minimum Gasteiger partial charge on any atom is -0.489 e. The van der Waals surface area contributed by atoms with Crippen molar-refractivity contribution in [1.29, 1.82) is 0 Å². The summed E-state index contributed by atoms with van der Waals surface area (Å²) in [6, 6.07) is 6.18. The number of rotatable bonds is 8. The van der Waals surface area contributed by atoms with E-state index in [1.807, 2.05) is 12.1 Å². The minimum absolute atomic E-state index is 0.253. The van der Waals surface area contributed by atoms with Gasteiger partial charge in [-0.25, -0.2) is 0 Å². The number of halogens is 1. The van der Waals surface area contributed by atoms with Gasteiger partial charge in [0.15, 0.2) is 0 Å². The molecule has 0 fully saturated rings. The quantitative estimate of drug-likeness (QED) is 0.756. The van der Waals surface area contributed by atoms with Gasteiger partial charge in [0.25, 0.3) is 0 Å². The van der Waals surface area contributed by atoms with Crippen LogP contribution >= 0.6 is 15.9 Å². The molecule has 0 radical (unpaired) electrons. The van der Waals surface area contributed by atoms with Gasteiger partial charge in [0, 0.05) is 11.0 Å². The van der Waals surface area contributed by atoms with Crippen LogP contribution in [0, 0.1) is 12.8 Å². The fraction of sp³-hybridized carbons (Fsp3) is 0.625. The standard InChI is InChI=1S/C16H26BrNO/c1-5-6-15(11-18-10-12(2)3)19-16-8-7-14(17)9-13(16)4/h7-9,12,15,18H,5-6,10-11H2,1-4H3. The Hall–Kier alpha value is -0.540. The third-order valence-electron chi connectivity index (χ3n) is 2.97. The fourth-order valence-electron chi connectivity index (χ4n) is 1.98. The van der Waals surface area contributed by atoms with Crippen LogP contribution in [-0.4, -0.2) is 19.2 Å². The predicted molar refractivity (Wildman–Crippen MR) is 85.9 cm³/mol. The van der Waals surface area contributed by atoms with E-state index in [2.05, 4.69) is 55.0 Å². The minimum atomic E-state index is 0.253. The van der Waals surface area contributed by atoms with Crippen molar-refractivity contribution in [3.8, 4) is 5.75 Å². The van der Waals surface area contributed by atoms with Gasteiger partial charge >= 0.3 is 0 Å². The Labute approximate surface area is 126 Å². The second-order valence-electron chi connectivity index (χ2n) is 5.49. The Kier molecular flexibility index (Phi) is 7.47. The smallest absolute Gasteiger partial charge is 0.122 e. The van der Waals surface area contributed by atoms with Crippen molar-refractivity contribution >= 4 is 15.9 Å². The van der Waals surface area contributed by atoms with E-state index in [1.165, 1.54) is 5.56 Å². The molecule has 1 aromatic carbocycles. The molecule has 0 aliphatic carbocycles. The van der Waals surface area contributed by atoms with Crippen molar-refractivity contribution in [2.75, 3.05) is 13.1 Å². The molecule has 0 aliphatic rings. The van der Waals surface area contributed by atoms with Crippen LogP contribution in [-0.2, 0) is 0 Å². The highest BCUT2D eigenvalue weighted by molar-refractivity contribution is 9.10. The summed E-state index contributed by atoms with van der Waals surface area (Å²) in [7, 11) is 0. The molecular formula is C16H26BrNO. The van der Waals surface area contributed by atoms with Crippen LogP contribution in [0.15, 0.2) is 22.7 Å². The first-order chi connectivity index (χ1) is 9.02. The lowest BCUT2D eigenvalue weighted by atomic mass is 10.1. The van der Waals surface area contributed by atoms with Crippen LogP contribution in [0.2, 0.25) is 0 Å². The van der Waals surface area contributed by atoms with Crippen LogP contribution in [0.5, 0.6) is 5.75 Å². The highest BCUT2D eigenvalue weighted by atomic mass is 79.9. The molecule has 0 heterocycles. The number of hydrogen-bond acceptors (Lipinski definition) is 2. The molecule has 1 aromatic rings. The Morgan fingerprint density at radius 3 is 2.58 bits per heavy atom. The van der Waals surface area contributed by atoms with Crippen LogP contribution in [0.25, 0.3) is 0 Å². The van der Waals surface area contributed by atoms with E-state index in [1.54, 1.807) is 0 Å². The predicted octanol–water partition coefficient (Wildman–Crippen LogP) is 4.55. The Morgan fingerprint density at radius 2 is 2.00 bits per heavy atom. The summed E-state index contributed by atoms with van der Waals surface area (Å²) in [6.07, 6.45) is 2.48. The van der Waals surface area contributed by atoms with Gasteiger partial charge in [-0.1, -0.05) is 43.1 Å². The maximum atomic E-state index is 6.14. The molecule has 0 bridgehead atoms. The Balaban J connectivity index is 2.56. The molecule has 1 atom stereocenters. The molecule has 0 amide bonds. The van der Waals surface area contributed by atoms with E-state index >= 15 is 0 Å². The van der Waals surface area contributed by atoms with Crippen molar-refractivity contribution in [2.45, 2.75) is 46.6 Å². The zero-order chi connectivity index (χ0) is 14.3. The van der Waals surface area contributed by atoms with Gasteiger partial charge in [-0.05, 0) is 49.6 Å². The summed E-state index contributed by atoms with van der Waals surface area (Å²) in [4.78, 5) is 0. The molecule has 3 heteroatoms. The fourth-order valence-corrected chi connectivity index (χ4v) is 2.46. The molecule has 0 saturated heterocycles. The maximum absolute atomic E-state index is 6.14. The molecule has 0 aromatic heterocycles. The summed E-state index contributed by atoms with van der Waals surface area (Å²) >= 11 is 3.48. The van der Waals surface area contributed by atoms with E-state index in [9.17, 15) is 0 Å². The molecule has 1 unspecified atom stereocenters. The van der Waals surface area contributed by atoms with E-state index in [0.717, 1.165) is 36.2 Å². The van der Waals surface area contributed by atoms with Gasteiger partial charge in [0.05, 0.1) is 0 Å². The first kappa shape index (κ1) is 16.5. The zero-order valence-corrected chi connectivity index (χ0v) is 14.1. The van der Waals surface area contributed by atoms with Crippen molar-refractivity contribution in [3.63, 3.8) is 0 Å². The first-order valence-electron chi connectivity index (χ1n) is 7.16. The molecule has 19 heavy (non-hydrogen) atoms. The first-order valence-corrected chi connectivity index (χ1v) is 7.95. The van der Waals surface area contributed by atoms with E-state index in [4.69, 9.17) is 4.74 Å². The van der Waals surface area contributed by atoms with Crippen LogP contribution < -0.4 is 10.1 Å². The van der Waals surface area contributed by atoms with Gasteiger partial charge in [-0.15, -0.1) is 0 Å². The molecule has 1 N–H and O–H groups in total. The monoisotopic (exact) mass is 327 g/mol. The summed E-state index contributed by atoms with van der Waals surface area (Å²) in [6.45, 7) is 10.7. The normalized spacial score (nSPS) is 12.7. The molecule has 108 valence electrons. The molecule has 1 rings (SSSR count). The largest absolute Gasteiger partial charge is 0.489 e. The molecule has 0 saturated carbocycles. The van der Waals surface area contributed by atoms with Crippen molar-refractivity contribution in [1.82, 2.24) is 5.32 Å². The SMILES string of the molecule is CCCC(CNCC(C)C)Oc1ccc(Br)cc1C. The lowest BCUT2D eigenvalue weighted by Crippen LogP contribution is -2.33. The van der Waals surface area contributed by atoms with Crippen LogP contribution in [0.1, 0.15) is 39.2 Å². The van der Waals surface area contributed by atoms with Crippen molar-refractivity contribution < 1.29 is 4.74 Å². The van der Waals surface area contributed by atoms with E-state index in [0.29, 0.717) is 5.92 Å². The van der Waals surface area contributed by atoms with Crippen molar-refractivity contribution in [3.05, 3.63) is 28.2 Å². The third-order valence-corrected chi connectivity index (χ3v) is 3.46.